The highest BCUT2D eigenvalue weighted by molar-refractivity contribution is 6.02. The number of hydrogen-bond acceptors (Lipinski definition) is 6. The zero-order chi connectivity index (χ0) is 21.2. The van der Waals surface area contributed by atoms with Gasteiger partial charge in [0.15, 0.2) is 5.78 Å². The van der Waals surface area contributed by atoms with Gasteiger partial charge in [-0.05, 0) is 52.3 Å². The maximum Gasteiger partial charge on any atom is 0.317 e. The van der Waals surface area contributed by atoms with E-state index in [1.165, 1.54) is 31.2 Å². The molecule has 2 rings (SSSR count). The number of rotatable bonds is 5. The summed E-state index contributed by atoms with van der Waals surface area (Å²) in [6, 6.07) is 5.16. The van der Waals surface area contributed by atoms with Crippen molar-refractivity contribution in [3.05, 3.63) is 35.6 Å². The second-order valence-corrected chi connectivity index (χ2v) is 8.00. The van der Waals surface area contributed by atoms with E-state index < -0.39 is 59.1 Å². The first-order valence-electron chi connectivity index (χ1n) is 9.35. The number of halogens is 1. The molecule has 1 aromatic rings. The predicted octanol–water partition coefficient (Wildman–Crippen LogP) is 2.77. The number of esters is 2. The molecule has 1 fully saturated rings. The number of Topliss-reactive ketones (excluding diaryl/α,β-unsaturated/α-hetero) is 1. The predicted molar refractivity (Wildman–Crippen MR) is 98.8 cm³/mol. The highest BCUT2D eigenvalue weighted by Gasteiger charge is 2.57. The number of hydrogen-bond donors (Lipinski definition) is 1. The zero-order valence-electron chi connectivity index (χ0n) is 16.8. The summed E-state index contributed by atoms with van der Waals surface area (Å²) in [6.07, 6.45) is -1.30. The summed E-state index contributed by atoms with van der Waals surface area (Å²) in [5.41, 5.74) is -1.34. The minimum Gasteiger partial charge on any atom is -0.463 e. The van der Waals surface area contributed by atoms with Crippen molar-refractivity contribution in [1.29, 1.82) is 0 Å². The van der Waals surface area contributed by atoms with Gasteiger partial charge < -0.3 is 14.6 Å². The van der Waals surface area contributed by atoms with Gasteiger partial charge in [-0.3, -0.25) is 14.4 Å². The molecule has 1 saturated carbocycles. The summed E-state index contributed by atoms with van der Waals surface area (Å²) < 4.78 is 24.0. The topological polar surface area (TPSA) is 89.9 Å². The lowest BCUT2D eigenvalue weighted by Crippen LogP contribution is -2.55. The normalized spacial score (nSPS) is 27.8. The fourth-order valence-electron chi connectivity index (χ4n) is 3.71. The van der Waals surface area contributed by atoms with Crippen molar-refractivity contribution < 1.29 is 33.4 Å². The van der Waals surface area contributed by atoms with Crippen LogP contribution in [0.3, 0.4) is 0 Å². The van der Waals surface area contributed by atoms with Gasteiger partial charge >= 0.3 is 11.9 Å². The maximum absolute atomic E-state index is 13.4. The van der Waals surface area contributed by atoms with Crippen LogP contribution in [0.25, 0.3) is 0 Å². The molecule has 0 amide bonds. The lowest BCUT2D eigenvalue weighted by atomic mass is 9.61. The second-order valence-electron chi connectivity index (χ2n) is 8.00. The Balaban J connectivity index is 2.59. The molecule has 28 heavy (non-hydrogen) atoms. The third-order valence-electron chi connectivity index (χ3n) is 4.73. The average Bonchev–Trinajstić information content (AvgIpc) is 2.52. The molecule has 0 aliphatic heterocycles. The summed E-state index contributed by atoms with van der Waals surface area (Å²) in [6.45, 7) is 8.01. The summed E-state index contributed by atoms with van der Waals surface area (Å²) in [5, 5.41) is 10.9. The molecule has 0 unspecified atom stereocenters. The molecule has 0 bridgehead atoms. The lowest BCUT2D eigenvalue weighted by Gasteiger charge is -2.44. The van der Waals surface area contributed by atoms with Gasteiger partial charge in [0.25, 0.3) is 0 Å². The number of ether oxygens (including phenoxy) is 2. The number of aliphatic hydroxyl groups is 1. The Morgan fingerprint density at radius 2 is 1.57 bits per heavy atom. The summed E-state index contributed by atoms with van der Waals surface area (Å²) in [5.74, 6) is -6.04. The molecule has 1 aliphatic carbocycles. The van der Waals surface area contributed by atoms with E-state index in [1.807, 2.05) is 0 Å². The van der Waals surface area contributed by atoms with Crippen LogP contribution in [0.4, 0.5) is 4.39 Å². The fraction of sp³-hybridized carbons (Fsp3) is 0.571. The van der Waals surface area contributed by atoms with Crippen LogP contribution in [-0.4, -0.2) is 40.6 Å². The first kappa shape index (κ1) is 22.0. The number of benzene rings is 1. The zero-order valence-corrected chi connectivity index (χ0v) is 16.8. The van der Waals surface area contributed by atoms with E-state index in [0.29, 0.717) is 5.56 Å². The van der Waals surface area contributed by atoms with Crippen molar-refractivity contribution in [2.24, 2.45) is 11.8 Å². The van der Waals surface area contributed by atoms with Crippen molar-refractivity contribution in [3.63, 3.8) is 0 Å². The van der Waals surface area contributed by atoms with Gasteiger partial charge in [0.1, 0.15) is 11.7 Å². The second kappa shape index (κ2) is 8.39. The standard InChI is InChI=1S/C21H27FO6/c1-11(2)27-19(24)17-15(23)10-21(5,26)18(20(25)28-12(3)4)16(17)13-6-8-14(22)9-7-13/h6-9,11-12,16-18,26H,10H2,1-5H3/t16-,17-,18+,21-/m0/s1. The van der Waals surface area contributed by atoms with Crippen molar-refractivity contribution in [2.75, 3.05) is 0 Å². The van der Waals surface area contributed by atoms with Crippen LogP contribution in [0.15, 0.2) is 24.3 Å². The Bertz CT molecular complexity index is 730. The van der Waals surface area contributed by atoms with Crippen LogP contribution < -0.4 is 0 Å². The molecule has 1 aromatic carbocycles. The first-order chi connectivity index (χ1) is 12.9. The van der Waals surface area contributed by atoms with E-state index in [0.717, 1.165) is 0 Å². The minimum absolute atomic E-state index is 0.381. The molecule has 0 heterocycles. The summed E-state index contributed by atoms with van der Waals surface area (Å²) >= 11 is 0. The van der Waals surface area contributed by atoms with E-state index in [9.17, 15) is 23.9 Å². The monoisotopic (exact) mass is 394 g/mol. The fourth-order valence-corrected chi connectivity index (χ4v) is 3.71. The van der Waals surface area contributed by atoms with Crippen LogP contribution >= 0.6 is 0 Å². The number of carbonyl (C=O) groups is 3. The molecular formula is C21H27FO6. The number of ketones is 1. The largest absolute Gasteiger partial charge is 0.463 e. The van der Waals surface area contributed by atoms with Gasteiger partial charge in [0.05, 0.1) is 23.7 Å². The van der Waals surface area contributed by atoms with E-state index >= 15 is 0 Å². The van der Waals surface area contributed by atoms with Crippen molar-refractivity contribution in [1.82, 2.24) is 0 Å². The van der Waals surface area contributed by atoms with Crippen LogP contribution in [-0.2, 0) is 23.9 Å². The molecule has 0 saturated heterocycles. The maximum atomic E-state index is 13.4. The van der Waals surface area contributed by atoms with Gasteiger partial charge in [-0.25, -0.2) is 4.39 Å². The number of carbonyl (C=O) groups excluding carboxylic acids is 3. The van der Waals surface area contributed by atoms with Gasteiger partial charge in [-0.15, -0.1) is 0 Å². The Labute approximate surface area is 164 Å². The van der Waals surface area contributed by atoms with Crippen LogP contribution in [0.1, 0.15) is 52.5 Å². The van der Waals surface area contributed by atoms with Crippen molar-refractivity contribution in [3.8, 4) is 0 Å². The first-order valence-corrected chi connectivity index (χ1v) is 9.35. The quantitative estimate of drug-likeness (QED) is 0.610. The van der Waals surface area contributed by atoms with Crippen molar-refractivity contribution in [2.45, 2.75) is 64.8 Å². The van der Waals surface area contributed by atoms with Gasteiger partial charge in [0, 0.05) is 12.3 Å². The molecule has 4 atom stereocenters. The Hall–Kier alpha value is -2.28. The molecule has 6 nitrogen and oxygen atoms in total. The van der Waals surface area contributed by atoms with Crippen molar-refractivity contribution >= 4 is 17.7 Å². The molecule has 7 heteroatoms. The molecule has 0 aromatic heterocycles. The molecular weight excluding hydrogens is 367 g/mol. The average molecular weight is 394 g/mol. The highest BCUT2D eigenvalue weighted by Crippen LogP contribution is 2.47. The lowest BCUT2D eigenvalue weighted by molar-refractivity contribution is -0.176. The molecule has 1 N–H and O–H groups in total. The highest BCUT2D eigenvalue weighted by atomic mass is 19.1. The molecule has 0 spiro atoms. The van der Waals surface area contributed by atoms with E-state index in [4.69, 9.17) is 9.47 Å². The Morgan fingerprint density at radius 3 is 2.07 bits per heavy atom. The third kappa shape index (κ3) is 4.76. The third-order valence-corrected chi connectivity index (χ3v) is 4.73. The van der Waals surface area contributed by atoms with Crippen LogP contribution in [0.2, 0.25) is 0 Å². The molecule has 0 radical (unpaired) electrons. The molecule has 154 valence electrons. The minimum atomic E-state index is -1.73. The molecule has 1 aliphatic rings. The smallest absolute Gasteiger partial charge is 0.317 e. The van der Waals surface area contributed by atoms with E-state index in [1.54, 1.807) is 27.7 Å². The Morgan fingerprint density at radius 1 is 1.07 bits per heavy atom. The van der Waals surface area contributed by atoms with Gasteiger partial charge in [0.2, 0.25) is 0 Å². The Kier molecular flexibility index (Phi) is 6.59. The SMILES string of the molecule is CC(C)OC(=O)[C@H]1C(=O)C[C@](C)(O)[C@@H](C(=O)OC(C)C)[C@H]1c1ccc(F)cc1. The van der Waals surface area contributed by atoms with Crippen LogP contribution in [0, 0.1) is 17.7 Å². The van der Waals surface area contributed by atoms with Crippen LogP contribution in [0.5, 0.6) is 0 Å². The van der Waals surface area contributed by atoms with E-state index in [-0.39, 0.29) is 6.42 Å². The van der Waals surface area contributed by atoms with Gasteiger partial charge in [-0.1, -0.05) is 12.1 Å². The summed E-state index contributed by atoms with van der Waals surface area (Å²) in [4.78, 5) is 38.4. The summed E-state index contributed by atoms with van der Waals surface area (Å²) in [7, 11) is 0. The van der Waals surface area contributed by atoms with Gasteiger partial charge in [-0.2, -0.15) is 0 Å². The van der Waals surface area contributed by atoms with E-state index in [2.05, 4.69) is 0 Å².